The molecule has 1 heterocycles. The molecule has 1 heteroatoms. The van der Waals surface area contributed by atoms with E-state index in [0.29, 0.717) is 11.5 Å². The molecule has 74 valence electrons. The Morgan fingerprint density at radius 3 is 2.29 bits per heavy atom. The summed E-state index contributed by atoms with van der Waals surface area (Å²) in [7, 11) is 0. The topological polar surface area (TPSA) is 9.23 Å². The largest absolute Gasteiger partial charge is 0.366 e. The van der Waals surface area contributed by atoms with Crippen LogP contribution in [0.25, 0.3) is 0 Å². The van der Waals surface area contributed by atoms with Crippen LogP contribution in [0.15, 0.2) is 30.3 Å². The van der Waals surface area contributed by atoms with Crippen molar-refractivity contribution < 1.29 is 4.74 Å². The van der Waals surface area contributed by atoms with Crippen molar-refractivity contribution in [2.75, 3.05) is 0 Å². The van der Waals surface area contributed by atoms with Crippen LogP contribution in [0.5, 0.6) is 0 Å². The average Bonchev–Trinajstić information content (AvgIpc) is 2.98. The molecule has 2 aliphatic rings. The van der Waals surface area contributed by atoms with Crippen molar-refractivity contribution >= 4 is 0 Å². The van der Waals surface area contributed by atoms with E-state index in [2.05, 4.69) is 44.2 Å². The number of ether oxygens (including phenoxy) is 1. The first-order chi connectivity index (χ1) is 6.66. The van der Waals surface area contributed by atoms with E-state index in [4.69, 9.17) is 4.74 Å². The van der Waals surface area contributed by atoms with E-state index in [1.54, 1.807) is 0 Å². The van der Waals surface area contributed by atoms with E-state index in [9.17, 15) is 0 Å². The van der Waals surface area contributed by atoms with E-state index in [1.807, 2.05) is 0 Å². The van der Waals surface area contributed by atoms with E-state index >= 15 is 0 Å². The minimum absolute atomic E-state index is 0.244. The Hall–Kier alpha value is -0.820. The van der Waals surface area contributed by atoms with Crippen LogP contribution in [-0.4, -0.2) is 5.60 Å². The lowest BCUT2D eigenvalue weighted by atomic mass is 9.70. The highest BCUT2D eigenvalue weighted by molar-refractivity contribution is 5.28. The Morgan fingerprint density at radius 1 is 1.14 bits per heavy atom. The fourth-order valence-corrected chi connectivity index (χ4v) is 2.69. The molecule has 1 aromatic rings. The van der Waals surface area contributed by atoms with Crippen molar-refractivity contribution in [1.82, 2.24) is 0 Å². The average molecular weight is 188 g/mol. The Labute approximate surface area is 85.1 Å². The summed E-state index contributed by atoms with van der Waals surface area (Å²) < 4.78 is 6.04. The van der Waals surface area contributed by atoms with Crippen molar-refractivity contribution in [2.45, 2.75) is 38.4 Å². The molecule has 0 aromatic heterocycles. The normalized spacial score (nSPS) is 31.1. The monoisotopic (exact) mass is 188 g/mol. The smallest absolute Gasteiger partial charge is 0.0911 e. The minimum Gasteiger partial charge on any atom is -0.366 e. The van der Waals surface area contributed by atoms with Crippen LogP contribution in [0, 0.1) is 5.41 Å². The molecule has 2 fully saturated rings. The Kier molecular flexibility index (Phi) is 1.46. The van der Waals surface area contributed by atoms with Crippen LogP contribution < -0.4 is 0 Å². The van der Waals surface area contributed by atoms with Crippen molar-refractivity contribution in [3.8, 4) is 0 Å². The summed E-state index contributed by atoms with van der Waals surface area (Å²) in [6, 6.07) is 10.6. The van der Waals surface area contributed by atoms with Gasteiger partial charge in [-0.05, 0) is 18.4 Å². The van der Waals surface area contributed by atoms with Gasteiger partial charge in [-0.1, -0.05) is 44.2 Å². The van der Waals surface area contributed by atoms with Gasteiger partial charge in [0.25, 0.3) is 0 Å². The summed E-state index contributed by atoms with van der Waals surface area (Å²) in [4.78, 5) is 0. The highest BCUT2D eigenvalue weighted by Gasteiger charge is 2.68. The maximum atomic E-state index is 6.04. The molecule has 0 radical (unpaired) electrons. The summed E-state index contributed by atoms with van der Waals surface area (Å²) in [6.07, 6.45) is 2.82. The third-order valence-electron chi connectivity index (χ3n) is 3.98. The zero-order valence-electron chi connectivity index (χ0n) is 8.79. The second-order valence-corrected chi connectivity index (χ2v) is 5.12. The third-order valence-corrected chi connectivity index (χ3v) is 3.98. The number of hydrogen-bond donors (Lipinski definition) is 0. The molecule has 1 unspecified atom stereocenters. The SMILES string of the molecule is CC1(C)C(c2ccccc2)OC12CC2. The molecule has 1 saturated heterocycles. The molecule has 1 atom stereocenters. The molecule has 0 amide bonds. The number of hydrogen-bond acceptors (Lipinski definition) is 1. The molecule has 0 bridgehead atoms. The van der Waals surface area contributed by atoms with Gasteiger partial charge in [0.1, 0.15) is 0 Å². The minimum atomic E-state index is 0.244. The van der Waals surface area contributed by atoms with E-state index in [1.165, 1.54) is 18.4 Å². The maximum absolute atomic E-state index is 6.04. The van der Waals surface area contributed by atoms with Crippen molar-refractivity contribution in [1.29, 1.82) is 0 Å². The fourth-order valence-electron chi connectivity index (χ4n) is 2.69. The van der Waals surface area contributed by atoms with Crippen LogP contribution in [0.4, 0.5) is 0 Å². The zero-order chi connectivity index (χ0) is 9.81. The van der Waals surface area contributed by atoms with Gasteiger partial charge < -0.3 is 4.74 Å². The lowest BCUT2D eigenvalue weighted by Gasteiger charge is -2.53. The molecule has 14 heavy (non-hydrogen) atoms. The van der Waals surface area contributed by atoms with Crippen LogP contribution in [0.2, 0.25) is 0 Å². The summed E-state index contributed by atoms with van der Waals surface area (Å²) >= 11 is 0. The maximum Gasteiger partial charge on any atom is 0.0911 e. The lowest BCUT2D eigenvalue weighted by molar-refractivity contribution is -0.259. The molecule has 3 rings (SSSR count). The fraction of sp³-hybridized carbons (Fsp3) is 0.538. The van der Waals surface area contributed by atoms with Crippen molar-refractivity contribution in [2.24, 2.45) is 5.41 Å². The molecule has 0 N–H and O–H groups in total. The first-order valence-electron chi connectivity index (χ1n) is 5.38. The van der Waals surface area contributed by atoms with E-state index < -0.39 is 0 Å². The molecule has 1 aromatic carbocycles. The zero-order valence-corrected chi connectivity index (χ0v) is 8.79. The summed E-state index contributed by atoms with van der Waals surface area (Å²) in [5.41, 5.74) is 1.90. The Morgan fingerprint density at radius 2 is 1.79 bits per heavy atom. The van der Waals surface area contributed by atoms with Crippen LogP contribution in [-0.2, 0) is 4.74 Å². The Bertz CT molecular complexity index is 349. The molecular weight excluding hydrogens is 172 g/mol. The van der Waals surface area contributed by atoms with Crippen molar-refractivity contribution in [3.63, 3.8) is 0 Å². The molecule has 1 aliphatic heterocycles. The van der Waals surface area contributed by atoms with Gasteiger partial charge in [-0.25, -0.2) is 0 Å². The number of benzene rings is 1. The second kappa shape index (κ2) is 2.40. The Balaban J connectivity index is 1.90. The van der Waals surface area contributed by atoms with Crippen LogP contribution >= 0.6 is 0 Å². The lowest BCUT2D eigenvalue weighted by Crippen LogP contribution is -2.52. The summed E-state index contributed by atoms with van der Waals surface area (Å²) in [5, 5.41) is 0. The molecular formula is C13H16O. The molecule has 1 aliphatic carbocycles. The first kappa shape index (κ1) is 8.49. The van der Waals surface area contributed by atoms with Gasteiger partial charge in [0, 0.05) is 5.41 Å². The summed E-state index contributed by atoms with van der Waals surface area (Å²) in [5.74, 6) is 0. The van der Waals surface area contributed by atoms with Gasteiger partial charge in [0.15, 0.2) is 0 Å². The van der Waals surface area contributed by atoms with Crippen molar-refractivity contribution in [3.05, 3.63) is 35.9 Å². The predicted octanol–water partition coefficient (Wildman–Crippen LogP) is 3.32. The molecule has 1 saturated carbocycles. The first-order valence-corrected chi connectivity index (χ1v) is 5.38. The van der Waals surface area contributed by atoms with E-state index in [0.717, 1.165) is 0 Å². The van der Waals surface area contributed by atoms with Gasteiger partial charge in [0.05, 0.1) is 11.7 Å². The van der Waals surface area contributed by atoms with Gasteiger partial charge >= 0.3 is 0 Å². The molecule has 1 nitrogen and oxygen atoms in total. The predicted molar refractivity (Wildman–Crippen MR) is 56.0 cm³/mol. The summed E-state index contributed by atoms with van der Waals surface area (Å²) in [6.45, 7) is 4.67. The van der Waals surface area contributed by atoms with Crippen LogP contribution in [0.1, 0.15) is 38.4 Å². The van der Waals surface area contributed by atoms with Gasteiger partial charge in [-0.2, -0.15) is 0 Å². The van der Waals surface area contributed by atoms with Gasteiger partial charge in [0.2, 0.25) is 0 Å². The highest BCUT2D eigenvalue weighted by Crippen LogP contribution is 2.69. The van der Waals surface area contributed by atoms with Crippen LogP contribution in [0.3, 0.4) is 0 Å². The molecule has 1 spiro atoms. The number of rotatable bonds is 1. The quantitative estimate of drug-likeness (QED) is 0.657. The standard InChI is InChI=1S/C13H16O/c1-12(2)11(14-13(12)8-9-13)10-6-4-3-5-7-10/h3-7,11H,8-9H2,1-2H3. The second-order valence-electron chi connectivity index (χ2n) is 5.12. The van der Waals surface area contributed by atoms with E-state index in [-0.39, 0.29) is 5.60 Å². The van der Waals surface area contributed by atoms with Gasteiger partial charge in [-0.3, -0.25) is 0 Å². The third kappa shape index (κ3) is 0.885. The van der Waals surface area contributed by atoms with Gasteiger partial charge in [-0.15, -0.1) is 0 Å². The highest BCUT2D eigenvalue weighted by atomic mass is 16.5.